The molecule has 0 aliphatic carbocycles. The second-order valence-corrected chi connectivity index (χ2v) is 11.0. The van der Waals surface area contributed by atoms with Crippen LogP contribution in [0.15, 0.2) is 47.4 Å². The number of fused-ring (bicyclic) bond motifs is 2. The molecule has 1 aromatic rings. The van der Waals surface area contributed by atoms with Gasteiger partial charge in [0, 0.05) is 30.3 Å². The Labute approximate surface area is 209 Å². The summed E-state index contributed by atoms with van der Waals surface area (Å²) in [7, 11) is 0. The van der Waals surface area contributed by atoms with Gasteiger partial charge < -0.3 is 20.3 Å². The Morgan fingerprint density at radius 2 is 1.82 bits per heavy atom. The van der Waals surface area contributed by atoms with Crippen LogP contribution in [0.3, 0.4) is 0 Å². The zero-order valence-electron chi connectivity index (χ0n) is 20.4. The molecule has 0 saturated carbocycles. The molecule has 2 saturated heterocycles. The van der Waals surface area contributed by atoms with E-state index in [1.54, 1.807) is 0 Å². The van der Waals surface area contributed by atoms with Crippen LogP contribution in [0.2, 0.25) is 0 Å². The van der Waals surface area contributed by atoms with Crippen molar-refractivity contribution < 1.29 is 19.7 Å². The zero-order valence-corrected chi connectivity index (χ0v) is 21.3. The van der Waals surface area contributed by atoms with E-state index in [2.05, 4.69) is 47.8 Å². The zero-order chi connectivity index (χ0) is 24.0. The second kappa shape index (κ2) is 15.6. The third-order valence-electron chi connectivity index (χ3n) is 7.13. The summed E-state index contributed by atoms with van der Waals surface area (Å²) in [4.78, 5) is 12.0. The number of rotatable bonds is 18. The van der Waals surface area contributed by atoms with Crippen molar-refractivity contribution in [1.29, 1.82) is 0 Å². The Balaban J connectivity index is 1.22. The fraction of sp³-hybridized carbons (Fsp3) is 0.679. The van der Waals surface area contributed by atoms with E-state index < -0.39 is 5.97 Å². The van der Waals surface area contributed by atoms with Crippen molar-refractivity contribution in [2.24, 2.45) is 11.8 Å². The number of ether oxygens (including phenoxy) is 1. The van der Waals surface area contributed by atoms with Gasteiger partial charge in [0.2, 0.25) is 0 Å². The first kappa shape index (κ1) is 27.3. The van der Waals surface area contributed by atoms with Gasteiger partial charge in [-0.3, -0.25) is 4.79 Å². The lowest BCUT2D eigenvalue weighted by Crippen LogP contribution is -2.38. The van der Waals surface area contributed by atoms with Gasteiger partial charge in [0.25, 0.3) is 0 Å². The van der Waals surface area contributed by atoms with Crippen LogP contribution < -0.4 is 5.32 Å². The number of aliphatic hydroxyl groups excluding tert-OH is 1. The van der Waals surface area contributed by atoms with Gasteiger partial charge in [0.1, 0.15) is 0 Å². The van der Waals surface area contributed by atoms with Gasteiger partial charge in [-0.25, -0.2) is 0 Å². The van der Waals surface area contributed by atoms with E-state index in [0.29, 0.717) is 37.0 Å². The third kappa shape index (κ3) is 9.73. The molecular weight excluding hydrogens is 446 g/mol. The van der Waals surface area contributed by atoms with E-state index in [9.17, 15) is 9.90 Å². The summed E-state index contributed by atoms with van der Waals surface area (Å²) in [5.74, 6) is 1.49. The number of benzene rings is 1. The second-order valence-electron chi connectivity index (χ2n) is 9.79. The first-order valence-corrected chi connectivity index (χ1v) is 14.2. The summed E-state index contributed by atoms with van der Waals surface area (Å²) >= 11 is 1.93. The monoisotopic (exact) mass is 489 g/mol. The van der Waals surface area contributed by atoms with Gasteiger partial charge >= 0.3 is 5.97 Å². The van der Waals surface area contributed by atoms with Crippen LogP contribution in [0, 0.1) is 11.8 Å². The van der Waals surface area contributed by atoms with Gasteiger partial charge in [-0.15, -0.1) is 11.8 Å². The number of carboxylic acid groups (broad SMARTS) is 1. The van der Waals surface area contributed by atoms with Crippen LogP contribution in [0.1, 0.15) is 70.6 Å². The molecule has 3 rings (SSSR count). The molecule has 0 amide bonds. The highest BCUT2D eigenvalue weighted by atomic mass is 32.2. The van der Waals surface area contributed by atoms with Crippen molar-refractivity contribution in [3.8, 4) is 0 Å². The van der Waals surface area contributed by atoms with Crippen molar-refractivity contribution in [2.75, 3.05) is 18.8 Å². The highest BCUT2D eigenvalue weighted by Crippen LogP contribution is 2.44. The molecule has 2 aliphatic rings. The van der Waals surface area contributed by atoms with Crippen LogP contribution in [0.4, 0.5) is 0 Å². The minimum absolute atomic E-state index is 0.240. The van der Waals surface area contributed by atoms with E-state index in [1.807, 2.05) is 11.8 Å². The molecule has 2 fully saturated rings. The Morgan fingerprint density at radius 3 is 2.62 bits per heavy atom. The normalized spacial score (nSPS) is 24.7. The van der Waals surface area contributed by atoms with Crippen molar-refractivity contribution in [2.45, 2.75) is 93.8 Å². The number of hydrogen-bond acceptors (Lipinski definition) is 5. The summed E-state index contributed by atoms with van der Waals surface area (Å²) < 4.78 is 6.19. The number of unbranched alkanes of at least 4 members (excludes halogenated alkanes) is 4. The molecule has 1 unspecified atom stereocenters. The molecule has 5 nitrogen and oxygen atoms in total. The average molecular weight is 490 g/mol. The number of allylic oxidation sites excluding steroid dienone is 2. The highest BCUT2D eigenvalue weighted by molar-refractivity contribution is 7.99. The van der Waals surface area contributed by atoms with E-state index >= 15 is 0 Å². The fourth-order valence-electron chi connectivity index (χ4n) is 5.28. The minimum atomic E-state index is -0.721. The number of hydrogen-bond donors (Lipinski definition) is 3. The van der Waals surface area contributed by atoms with E-state index in [0.717, 1.165) is 45.1 Å². The molecule has 0 aromatic heterocycles. The number of aliphatic carboxylic acids is 1. The highest BCUT2D eigenvalue weighted by Gasteiger charge is 2.47. The molecule has 0 radical (unpaired) electrons. The van der Waals surface area contributed by atoms with Gasteiger partial charge in [-0.05, 0) is 68.7 Å². The predicted molar refractivity (Wildman–Crippen MR) is 139 cm³/mol. The van der Waals surface area contributed by atoms with Crippen molar-refractivity contribution >= 4 is 17.7 Å². The lowest BCUT2D eigenvalue weighted by atomic mass is 9.77. The van der Waals surface area contributed by atoms with Crippen molar-refractivity contribution in [1.82, 2.24) is 5.32 Å². The summed E-state index contributed by atoms with van der Waals surface area (Å²) in [6, 6.07) is 10.6. The van der Waals surface area contributed by atoms with Gasteiger partial charge in [-0.2, -0.15) is 0 Å². The Kier molecular flexibility index (Phi) is 12.5. The number of thioether (sulfide) groups is 1. The molecule has 3 N–H and O–H groups in total. The average Bonchev–Trinajstić information content (AvgIpc) is 3.43. The molecule has 2 heterocycles. The smallest absolute Gasteiger partial charge is 0.303 e. The molecule has 2 bridgehead atoms. The predicted octanol–water partition coefficient (Wildman–Crippen LogP) is 5.67. The van der Waals surface area contributed by atoms with E-state index in [1.165, 1.54) is 29.9 Å². The van der Waals surface area contributed by atoms with Crippen LogP contribution in [-0.4, -0.2) is 53.3 Å². The molecule has 1 aromatic carbocycles. The summed E-state index contributed by atoms with van der Waals surface area (Å²) in [5.41, 5.74) is 0. The van der Waals surface area contributed by atoms with E-state index in [4.69, 9.17) is 9.84 Å². The molecule has 6 heteroatoms. The van der Waals surface area contributed by atoms with Gasteiger partial charge in [0.05, 0.1) is 18.3 Å². The molecule has 2 aliphatic heterocycles. The Hall–Kier alpha value is -1.34. The quantitative estimate of drug-likeness (QED) is 0.140. The maximum absolute atomic E-state index is 10.6. The van der Waals surface area contributed by atoms with Crippen LogP contribution in [-0.2, 0) is 9.53 Å². The number of carbonyl (C=O) groups is 1. The van der Waals surface area contributed by atoms with Crippen molar-refractivity contribution in [3.63, 3.8) is 0 Å². The molecule has 190 valence electrons. The maximum Gasteiger partial charge on any atom is 0.303 e. The van der Waals surface area contributed by atoms with Crippen LogP contribution in [0.5, 0.6) is 0 Å². The van der Waals surface area contributed by atoms with Crippen molar-refractivity contribution in [3.05, 3.63) is 42.5 Å². The van der Waals surface area contributed by atoms with Gasteiger partial charge in [0.15, 0.2) is 0 Å². The molecule has 0 spiro atoms. The summed E-state index contributed by atoms with van der Waals surface area (Å²) in [5, 5.41) is 22.6. The SMILES string of the molecule is O=C(O)CCCC=CC[C@@H]1[C@@H](CNCC(O)CCCCCCSc2ccccc2)[C@@H]2CC[C@H]1O2. The molecular formula is C28H43NO4S. The lowest BCUT2D eigenvalue weighted by molar-refractivity contribution is -0.137. The lowest BCUT2D eigenvalue weighted by Gasteiger charge is -2.28. The van der Waals surface area contributed by atoms with Crippen LogP contribution >= 0.6 is 11.8 Å². The van der Waals surface area contributed by atoms with E-state index in [-0.39, 0.29) is 12.5 Å². The van der Waals surface area contributed by atoms with Gasteiger partial charge in [-0.1, -0.05) is 49.6 Å². The Morgan fingerprint density at radius 1 is 1.06 bits per heavy atom. The largest absolute Gasteiger partial charge is 0.481 e. The van der Waals surface area contributed by atoms with Crippen LogP contribution in [0.25, 0.3) is 0 Å². The summed E-state index contributed by atoms with van der Waals surface area (Å²) in [6.45, 7) is 1.57. The first-order chi connectivity index (χ1) is 16.6. The third-order valence-corrected chi connectivity index (χ3v) is 8.23. The number of nitrogens with one attached hydrogen (secondary N) is 1. The minimum Gasteiger partial charge on any atom is -0.481 e. The summed E-state index contributed by atoms with van der Waals surface area (Å²) in [6.07, 6.45) is 15.5. The molecule has 34 heavy (non-hydrogen) atoms. The first-order valence-electron chi connectivity index (χ1n) is 13.2. The molecule has 5 atom stereocenters. The number of aliphatic hydroxyl groups is 1. The number of carboxylic acids is 1. The topological polar surface area (TPSA) is 78.8 Å². The fourth-order valence-corrected chi connectivity index (χ4v) is 6.22. The standard InChI is InChI=1S/C28H43NO4S/c30-22(12-6-3-4-11-19-34-23-13-7-5-8-14-23)20-29-21-25-24(26-17-18-27(25)33-26)15-9-1-2-10-16-28(31)32/h1,5,7-9,13-14,22,24-27,29-30H,2-4,6,10-12,15-21H2,(H,31,32)/t22?,24-,25-,26-,27+/m1/s1. The Bertz CT molecular complexity index is 728. The maximum atomic E-state index is 10.6.